The van der Waals surface area contributed by atoms with Crippen molar-refractivity contribution in [2.24, 2.45) is 0 Å². The van der Waals surface area contributed by atoms with Crippen molar-refractivity contribution < 1.29 is 30.3 Å². The van der Waals surface area contributed by atoms with Crippen LogP contribution in [0.15, 0.2) is 0 Å². The summed E-state index contributed by atoms with van der Waals surface area (Å²) in [5, 5.41) is 43.5. The lowest BCUT2D eigenvalue weighted by molar-refractivity contribution is -0.136. The second-order valence-corrected chi connectivity index (χ2v) is 2.36. The molecular formula is C6H12O6. The Labute approximate surface area is 68.7 Å². The van der Waals surface area contributed by atoms with E-state index in [0.717, 1.165) is 0 Å². The molecule has 0 rings (SSSR count). The van der Waals surface area contributed by atoms with E-state index in [0.29, 0.717) is 0 Å². The molecule has 0 spiro atoms. The maximum absolute atomic E-state index is 9.90. The number of aliphatic hydroxyl groups excluding tert-OH is 5. The Hall–Kier alpha value is -0.530. The summed E-state index contributed by atoms with van der Waals surface area (Å²) in [7, 11) is 0. The Morgan fingerprint density at radius 1 is 1.08 bits per heavy atom. The van der Waals surface area contributed by atoms with E-state index in [4.69, 9.17) is 25.5 Å². The topological polar surface area (TPSA) is 118 Å². The zero-order valence-corrected chi connectivity index (χ0v) is 6.24. The molecule has 6 heteroatoms. The van der Waals surface area contributed by atoms with E-state index in [1.807, 2.05) is 0 Å². The van der Waals surface area contributed by atoms with E-state index >= 15 is 0 Å². The molecule has 0 aromatic rings. The summed E-state index contributed by atoms with van der Waals surface area (Å²) < 4.78 is 0. The number of aliphatic hydroxyl groups is 5. The van der Waals surface area contributed by atoms with Gasteiger partial charge in [0.1, 0.15) is 24.4 Å². The van der Waals surface area contributed by atoms with E-state index in [2.05, 4.69) is 0 Å². The van der Waals surface area contributed by atoms with Crippen LogP contribution in [0.1, 0.15) is 0 Å². The van der Waals surface area contributed by atoms with Gasteiger partial charge in [-0.25, -0.2) is 0 Å². The average molecular weight is 181 g/mol. The smallest absolute Gasteiger partial charge is 0.151 e. The second kappa shape index (κ2) is 5.18. The van der Waals surface area contributed by atoms with Crippen LogP contribution < -0.4 is 0 Å². The molecule has 0 aromatic carbocycles. The third-order valence-electron chi connectivity index (χ3n) is 1.42. The highest BCUT2D eigenvalue weighted by Crippen LogP contribution is 2.02. The van der Waals surface area contributed by atoms with Crippen LogP contribution in [0.4, 0.5) is 0 Å². The number of carbonyl (C=O) groups is 1. The van der Waals surface area contributed by atoms with E-state index in [-0.39, 0.29) is 6.29 Å². The van der Waals surface area contributed by atoms with E-state index < -0.39 is 31.0 Å². The van der Waals surface area contributed by atoms with Crippen molar-refractivity contribution in [2.75, 3.05) is 6.61 Å². The summed E-state index contributed by atoms with van der Waals surface area (Å²) in [4.78, 5) is 9.90. The maximum Gasteiger partial charge on any atom is 0.151 e. The fourth-order valence-electron chi connectivity index (χ4n) is 0.618. The molecule has 0 saturated heterocycles. The monoisotopic (exact) mass is 181 g/mol. The van der Waals surface area contributed by atoms with Gasteiger partial charge in [0, 0.05) is 0 Å². The first kappa shape index (κ1) is 11.5. The molecule has 0 aliphatic heterocycles. The number of rotatable bonds is 5. The first-order valence-corrected chi connectivity index (χ1v) is 3.33. The van der Waals surface area contributed by atoms with Crippen molar-refractivity contribution in [3.05, 3.63) is 0 Å². The van der Waals surface area contributed by atoms with Crippen LogP contribution in [0.3, 0.4) is 0 Å². The van der Waals surface area contributed by atoms with Crippen LogP contribution in [0, 0.1) is 0 Å². The second-order valence-electron chi connectivity index (χ2n) is 2.36. The lowest BCUT2D eigenvalue weighted by Crippen LogP contribution is -2.46. The molecule has 72 valence electrons. The number of carbonyl (C=O) groups excluding carboxylic acids is 1. The Morgan fingerprint density at radius 3 is 1.92 bits per heavy atom. The van der Waals surface area contributed by atoms with Gasteiger partial charge in [0.25, 0.3) is 0 Å². The number of aldehydes is 1. The third kappa shape index (κ3) is 2.84. The molecule has 0 bridgehead atoms. The number of hydrogen-bond acceptors (Lipinski definition) is 6. The van der Waals surface area contributed by atoms with Crippen molar-refractivity contribution in [2.45, 2.75) is 24.4 Å². The van der Waals surface area contributed by atoms with Crippen LogP contribution in [0.5, 0.6) is 0 Å². The van der Waals surface area contributed by atoms with Gasteiger partial charge in [-0.2, -0.15) is 0 Å². The zero-order chi connectivity index (χ0) is 9.72. The normalized spacial score (nSPS) is 21.1. The van der Waals surface area contributed by atoms with Crippen molar-refractivity contribution in [3.63, 3.8) is 0 Å². The summed E-state index contributed by atoms with van der Waals surface area (Å²) in [6.07, 6.45) is -6.84. The molecule has 0 radical (unpaired) electrons. The van der Waals surface area contributed by atoms with E-state index in [1.54, 1.807) is 0 Å². The van der Waals surface area contributed by atoms with Gasteiger partial charge in [0.05, 0.1) is 6.61 Å². The molecule has 6 nitrogen and oxygen atoms in total. The van der Waals surface area contributed by atoms with Gasteiger partial charge in [-0.05, 0) is 0 Å². The van der Waals surface area contributed by atoms with Crippen LogP contribution in [-0.2, 0) is 4.79 Å². The maximum atomic E-state index is 9.90. The van der Waals surface area contributed by atoms with Crippen molar-refractivity contribution in [1.82, 2.24) is 0 Å². The molecule has 0 fully saturated rings. The van der Waals surface area contributed by atoms with Crippen molar-refractivity contribution >= 4 is 6.29 Å². The third-order valence-corrected chi connectivity index (χ3v) is 1.42. The van der Waals surface area contributed by atoms with Crippen molar-refractivity contribution in [1.29, 1.82) is 0 Å². The minimum absolute atomic E-state index is 0.0258. The molecule has 0 aliphatic carbocycles. The van der Waals surface area contributed by atoms with Gasteiger partial charge >= 0.3 is 0 Å². The highest BCUT2D eigenvalue weighted by molar-refractivity contribution is 5.56. The average Bonchev–Trinajstić information content (AvgIpc) is 2.12. The Kier molecular flexibility index (Phi) is 4.95. The molecular weight excluding hydrogens is 169 g/mol. The van der Waals surface area contributed by atoms with E-state index in [1.165, 1.54) is 0 Å². The number of hydrogen-bond donors (Lipinski definition) is 5. The van der Waals surface area contributed by atoms with E-state index in [9.17, 15) is 4.79 Å². The van der Waals surface area contributed by atoms with Gasteiger partial charge < -0.3 is 30.3 Å². The van der Waals surface area contributed by atoms with Gasteiger partial charge in [0.2, 0.25) is 0 Å². The largest absolute Gasteiger partial charge is 0.394 e. The molecule has 0 unspecified atom stereocenters. The SMILES string of the molecule is O=C[C@@H](O)[13C@H](O)[C@H](O)[C@H](O)CO. The minimum Gasteiger partial charge on any atom is -0.394 e. The van der Waals surface area contributed by atoms with Gasteiger partial charge in [-0.3, -0.25) is 0 Å². The summed E-state index contributed by atoms with van der Waals surface area (Å²) in [6.45, 7) is -0.760. The first-order valence-electron chi connectivity index (χ1n) is 3.33. The van der Waals surface area contributed by atoms with Gasteiger partial charge in [-0.15, -0.1) is 0 Å². The summed E-state index contributed by atoms with van der Waals surface area (Å²) in [5.41, 5.74) is 0. The van der Waals surface area contributed by atoms with Crippen molar-refractivity contribution in [3.8, 4) is 0 Å². The molecule has 12 heavy (non-hydrogen) atoms. The lowest BCUT2D eigenvalue weighted by Gasteiger charge is -2.22. The molecule has 0 saturated carbocycles. The Morgan fingerprint density at radius 2 is 1.58 bits per heavy atom. The molecule has 5 N–H and O–H groups in total. The van der Waals surface area contributed by atoms with Gasteiger partial charge in [-0.1, -0.05) is 0 Å². The molecule has 0 aromatic heterocycles. The first-order chi connectivity index (χ1) is 5.54. The molecule has 0 aliphatic rings. The fraction of sp³-hybridized carbons (Fsp3) is 0.833. The molecule has 0 heterocycles. The predicted molar refractivity (Wildman–Crippen MR) is 37.2 cm³/mol. The van der Waals surface area contributed by atoms with Crippen LogP contribution in [-0.4, -0.2) is 62.8 Å². The summed E-state index contributed by atoms with van der Waals surface area (Å²) >= 11 is 0. The fourth-order valence-corrected chi connectivity index (χ4v) is 0.618. The molecule has 4 atom stereocenters. The Bertz CT molecular complexity index is 138. The summed E-state index contributed by atoms with van der Waals surface area (Å²) in [5.74, 6) is 0. The quantitative estimate of drug-likeness (QED) is 0.223. The highest BCUT2D eigenvalue weighted by Gasteiger charge is 2.29. The van der Waals surface area contributed by atoms with Gasteiger partial charge in [0.15, 0.2) is 6.29 Å². The van der Waals surface area contributed by atoms with Crippen LogP contribution in [0.2, 0.25) is 0 Å². The van der Waals surface area contributed by atoms with Crippen LogP contribution >= 0.6 is 0 Å². The molecule has 0 amide bonds. The predicted octanol–water partition coefficient (Wildman–Crippen LogP) is -3.38. The van der Waals surface area contributed by atoms with Crippen LogP contribution in [0.25, 0.3) is 0 Å². The Balaban J connectivity index is 4.07. The highest BCUT2D eigenvalue weighted by atomic mass is 16.4. The lowest BCUT2D eigenvalue weighted by atomic mass is 10.2. The summed E-state index contributed by atoms with van der Waals surface area (Å²) in [6, 6.07) is 0. The zero-order valence-electron chi connectivity index (χ0n) is 6.24. The standard InChI is InChI=1S/C6H12O6/c7-1-3(9)5(11)6(12)4(10)2-8/h1,3-6,8-12H,2H2/t3-,4-,5+,6-/m1/s1/i5+1. The minimum atomic E-state index is -1.79.